The van der Waals surface area contributed by atoms with Crippen molar-refractivity contribution in [2.75, 3.05) is 25.5 Å². The van der Waals surface area contributed by atoms with E-state index in [9.17, 15) is 18.0 Å². The molecule has 0 saturated carbocycles. The van der Waals surface area contributed by atoms with Gasteiger partial charge in [0.25, 0.3) is 0 Å². The number of nitrogens with one attached hydrogen (secondary N) is 1. The van der Waals surface area contributed by atoms with Crippen LogP contribution in [-0.2, 0) is 19.6 Å². The van der Waals surface area contributed by atoms with Crippen LogP contribution >= 0.6 is 11.3 Å². The average molecular weight is 412 g/mol. The zero-order valence-electron chi connectivity index (χ0n) is 15.5. The molecule has 1 heterocycles. The molecule has 0 unspecified atom stereocenters. The van der Waals surface area contributed by atoms with E-state index in [-0.39, 0.29) is 28.9 Å². The Bertz CT molecular complexity index is 953. The summed E-state index contributed by atoms with van der Waals surface area (Å²) in [5.41, 5.74) is 1.92. The van der Waals surface area contributed by atoms with E-state index in [0.29, 0.717) is 0 Å². The van der Waals surface area contributed by atoms with Gasteiger partial charge >= 0.3 is 5.97 Å². The molecule has 1 N–H and O–H groups in total. The van der Waals surface area contributed by atoms with Crippen LogP contribution < -0.4 is 5.32 Å². The Kier molecular flexibility index (Phi) is 6.68. The molecule has 0 aliphatic rings. The molecule has 10 heteroatoms. The number of amides is 1. The van der Waals surface area contributed by atoms with Crippen LogP contribution in [0.25, 0.3) is 0 Å². The summed E-state index contributed by atoms with van der Waals surface area (Å²) in [5, 5.41) is 4.14. The molecule has 0 saturated heterocycles. The SMILES string of the molecule is CCOC(=O)c1csc(NC(=O)CN(C)S(=O)(=O)c2ccc(C)c(C)c2)n1. The summed E-state index contributed by atoms with van der Waals surface area (Å²) in [6.45, 7) is 5.23. The van der Waals surface area contributed by atoms with Gasteiger partial charge in [-0.05, 0) is 44.0 Å². The highest BCUT2D eigenvalue weighted by Gasteiger charge is 2.24. The monoisotopic (exact) mass is 411 g/mol. The first kappa shape index (κ1) is 21.0. The van der Waals surface area contributed by atoms with Crippen LogP contribution in [-0.4, -0.2) is 49.8 Å². The Morgan fingerprint density at radius 1 is 1.26 bits per heavy atom. The lowest BCUT2D eigenvalue weighted by atomic mass is 10.1. The maximum absolute atomic E-state index is 12.6. The fourth-order valence-electron chi connectivity index (χ4n) is 2.13. The van der Waals surface area contributed by atoms with Crippen molar-refractivity contribution in [1.82, 2.24) is 9.29 Å². The number of thiazole rings is 1. The first-order chi connectivity index (χ1) is 12.6. The van der Waals surface area contributed by atoms with Crippen molar-refractivity contribution in [3.63, 3.8) is 0 Å². The molecule has 0 fully saturated rings. The Morgan fingerprint density at radius 2 is 1.96 bits per heavy atom. The van der Waals surface area contributed by atoms with Crippen molar-refractivity contribution in [3.05, 3.63) is 40.4 Å². The van der Waals surface area contributed by atoms with Gasteiger partial charge in [0.05, 0.1) is 18.0 Å². The lowest BCUT2D eigenvalue weighted by molar-refractivity contribution is -0.116. The fraction of sp³-hybridized carbons (Fsp3) is 0.353. The summed E-state index contributed by atoms with van der Waals surface area (Å²) in [4.78, 5) is 27.8. The molecule has 1 amide bonds. The van der Waals surface area contributed by atoms with Crippen molar-refractivity contribution < 1.29 is 22.7 Å². The smallest absolute Gasteiger partial charge is 0.357 e. The lowest BCUT2D eigenvalue weighted by Gasteiger charge is -2.17. The molecule has 8 nitrogen and oxygen atoms in total. The molecule has 0 aliphatic carbocycles. The molecule has 0 bridgehead atoms. The second kappa shape index (κ2) is 8.59. The third-order valence-electron chi connectivity index (χ3n) is 3.79. The number of sulfonamides is 1. The highest BCUT2D eigenvalue weighted by Crippen LogP contribution is 2.19. The number of carbonyl (C=O) groups excluding carboxylic acids is 2. The maximum atomic E-state index is 12.6. The number of aryl methyl sites for hydroxylation is 2. The molecular weight excluding hydrogens is 390 g/mol. The van der Waals surface area contributed by atoms with E-state index in [1.54, 1.807) is 19.1 Å². The zero-order chi connectivity index (χ0) is 20.2. The van der Waals surface area contributed by atoms with Gasteiger partial charge in [-0.25, -0.2) is 18.2 Å². The third-order valence-corrected chi connectivity index (χ3v) is 6.35. The number of nitrogens with zero attached hydrogens (tertiary/aromatic N) is 2. The van der Waals surface area contributed by atoms with Gasteiger partial charge in [-0.1, -0.05) is 6.07 Å². The van der Waals surface area contributed by atoms with Gasteiger partial charge in [-0.2, -0.15) is 4.31 Å². The molecule has 0 spiro atoms. The van der Waals surface area contributed by atoms with Crippen LogP contribution in [0.3, 0.4) is 0 Å². The normalized spacial score (nSPS) is 11.4. The molecule has 1 aromatic heterocycles. The largest absolute Gasteiger partial charge is 0.461 e. The predicted octanol–water partition coefficient (Wildman–Crippen LogP) is 2.20. The van der Waals surface area contributed by atoms with Crippen LogP contribution in [0.5, 0.6) is 0 Å². The Labute approximate surface area is 162 Å². The van der Waals surface area contributed by atoms with Crippen LogP contribution in [0.15, 0.2) is 28.5 Å². The van der Waals surface area contributed by atoms with Crippen molar-refractivity contribution in [3.8, 4) is 0 Å². The number of esters is 1. The fourth-order valence-corrected chi connectivity index (χ4v) is 4.04. The van der Waals surface area contributed by atoms with Crippen LogP contribution in [0, 0.1) is 13.8 Å². The average Bonchev–Trinajstić information content (AvgIpc) is 3.05. The van der Waals surface area contributed by atoms with Gasteiger partial charge in [0.2, 0.25) is 15.9 Å². The summed E-state index contributed by atoms with van der Waals surface area (Å²) < 4.78 is 31.0. The third kappa shape index (κ3) is 5.12. The van der Waals surface area contributed by atoms with Crippen molar-refractivity contribution in [1.29, 1.82) is 0 Å². The zero-order valence-corrected chi connectivity index (χ0v) is 17.1. The number of aromatic nitrogens is 1. The number of carbonyl (C=O) groups is 2. The number of hydrogen-bond acceptors (Lipinski definition) is 7. The van der Waals surface area contributed by atoms with Crippen molar-refractivity contribution >= 4 is 38.4 Å². The highest BCUT2D eigenvalue weighted by atomic mass is 32.2. The summed E-state index contributed by atoms with van der Waals surface area (Å²) >= 11 is 1.05. The van der Waals surface area contributed by atoms with E-state index in [1.165, 1.54) is 18.5 Å². The predicted molar refractivity (Wildman–Crippen MR) is 102 cm³/mol. The Hall–Kier alpha value is -2.30. The van der Waals surface area contributed by atoms with E-state index >= 15 is 0 Å². The van der Waals surface area contributed by atoms with Gasteiger partial charge in [0.1, 0.15) is 0 Å². The highest BCUT2D eigenvalue weighted by molar-refractivity contribution is 7.89. The number of anilines is 1. The standard InChI is InChI=1S/C17H21N3O5S2/c1-5-25-16(22)14-10-26-17(18-14)19-15(21)9-20(4)27(23,24)13-7-6-11(2)12(3)8-13/h6-8,10H,5,9H2,1-4H3,(H,18,19,21). The van der Waals surface area contributed by atoms with Gasteiger partial charge in [0.15, 0.2) is 10.8 Å². The van der Waals surface area contributed by atoms with Crippen molar-refractivity contribution in [2.24, 2.45) is 0 Å². The molecule has 2 aromatic rings. The summed E-state index contributed by atoms with van der Waals surface area (Å²) in [7, 11) is -2.47. The first-order valence-corrected chi connectivity index (χ1v) is 10.4. The second-order valence-corrected chi connectivity index (χ2v) is 8.72. The molecule has 0 atom stereocenters. The summed E-state index contributed by atoms with van der Waals surface area (Å²) in [6.07, 6.45) is 0. The molecule has 27 heavy (non-hydrogen) atoms. The van der Waals surface area contributed by atoms with Gasteiger partial charge < -0.3 is 10.1 Å². The minimum absolute atomic E-state index is 0.0910. The molecular formula is C17H21N3O5S2. The Morgan fingerprint density at radius 3 is 2.59 bits per heavy atom. The van der Waals surface area contributed by atoms with Crippen LogP contribution in [0.1, 0.15) is 28.5 Å². The molecule has 2 rings (SSSR count). The summed E-state index contributed by atoms with van der Waals surface area (Å²) in [6, 6.07) is 4.81. The number of ether oxygens (including phenoxy) is 1. The van der Waals surface area contributed by atoms with E-state index in [4.69, 9.17) is 4.74 Å². The second-order valence-electron chi connectivity index (χ2n) is 5.81. The number of likely N-dealkylation sites (N-methyl/N-ethyl adjacent to an activating group) is 1. The molecule has 146 valence electrons. The van der Waals surface area contributed by atoms with E-state index in [2.05, 4.69) is 10.3 Å². The van der Waals surface area contributed by atoms with Gasteiger partial charge in [0, 0.05) is 12.4 Å². The topological polar surface area (TPSA) is 106 Å². The number of hydrogen-bond donors (Lipinski definition) is 1. The van der Waals surface area contributed by atoms with Gasteiger partial charge in [-0.3, -0.25) is 4.79 Å². The number of rotatable bonds is 7. The van der Waals surface area contributed by atoms with Crippen LogP contribution in [0.4, 0.5) is 5.13 Å². The van der Waals surface area contributed by atoms with Gasteiger partial charge in [-0.15, -0.1) is 11.3 Å². The number of benzene rings is 1. The maximum Gasteiger partial charge on any atom is 0.357 e. The van der Waals surface area contributed by atoms with E-state index in [1.807, 2.05) is 13.8 Å². The molecule has 1 aromatic carbocycles. The first-order valence-electron chi connectivity index (χ1n) is 8.11. The Balaban J connectivity index is 2.04. The quantitative estimate of drug-likeness (QED) is 0.700. The van der Waals surface area contributed by atoms with Crippen LogP contribution in [0.2, 0.25) is 0 Å². The minimum Gasteiger partial charge on any atom is -0.461 e. The van der Waals surface area contributed by atoms with E-state index < -0.39 is 21.9 Å². The van der Waals surface area contributed by atoms with Crippen molar-refractivity contribution in [2.45, 2.75) is 25.7 Å². The summed E-state index contributed by atoms with van der Waals surface area (Å²) in [5.74, 6) is -1.14. The minimum atomic E-state index is -3.80. The lowest BCUT2D eigenvalue weighted by Crippen LogP contribution is -2.35. The molecule has 0 aliphatic heterocycles. The van der Waals surface area contributed by atoms with E-state index in [0.717, 1.165) is 26.8 Å². The molecule has 0 radical (unpaired) electrons.